The van der Waals surface area contributed by atoms with Crippen molar-refractivity contribution in [2.45, 2.75) is 6.54 Å². The lowest BCUT2D eigenvalue weighted by Gasteiger charge is -2.03. The molecule has 2 aromatic rings. The van der Waals surface area contributed by atoms with Crippen molar-refractivity contribution in [1.82, 2.24) is 15.3 Å². The third-order valence-electron chi connectivity index (χ3n) is 2.17. The van der Waals surface area contributed by atoms with E-state index >= 15 is 0 Å². The number of hydrogen-bond acceptors (Lipinski definition) is 4. The molecule has 0 radical (unpaired) electrons. The molecule has 0 unspecified atom stereocenters. The average molecular weight is 203 g/mol. The Bertz CT molecular complexity index is 470. The lowest BCUT2D eigenvalue weighted by atomic mass is 10.2. The average Bonchev–Trinajstić information content (AvgIpc) is 2.28. The summed E-state index contributed by atoms with van der Waals surface area (Å²) in [6.45, 7) is 0.674. The van der Waals surface area contributed by atoms with Crippen LogP contribution >= 0.6 is 0 Å². The normalized spacial score (nSPS) is 10.5. The minimum Gasteiger partial charge on any atom is -0.497 e. The summed E-state index contributed by atoms with van der Waals surface area (Å²) in [6.07, 6.45) is 1.83. The zero-order valence-corrected chi connectivity index (χ0v) is 8.82. The molecule has 2 rings (SSSR count). The third kappa shape index (κ3) is 2.05. The number of nitrogens with zero attached hydrogens (tertiary/aromatic N) is 2. The number of rotatable bonds is 3. The van der Waals surface area contributed by atoms with E-state index in [2.05, 4.69) is 15.3 Å². The molecule has 4 nitrogen and oxygen atoms in total. The Kier molecular flexibility index (Phi) is 2.78. The van der Waals surface area contributed by atoms with Gasteiger partial charge in [-0.1, -0.05) is 0 Å². The van der Waals surface area contributed by atoms with Crippen LogP contribution in [0.4, 0.5) is 0 Å². The second kappa shape index (κ2) is 4.23. The number of benzene rings is 1. The molecule has 0 bridgehead atoms. The Hall–Kier alpha value is -1.68. The van der Waals surface area contributed by atoms with Gasteiger partial charge in [0.05, 0.1) is 19.2 Å². The summed E-state index contributed by atoms with van der Waals surface area (Å²) in [5.74, 6) is 1.61. The first-order chi connectivity index (χ1) is 7.33. The number of aromatic nitrogens is 2. The predicted molar refractivity (Wildman–Crippen MR) is 58.9 cm³/mol. The van der Waals surface area contributed by atoms with Crippen LogP contribution in [0.25, 0.3) is 10.9 Å². The maximum atomic E-state index is 5.15. The summed E-state index contributed by atoms with van der Waals surface area (Å²) in [5, 5.41) is 4.04. The molecule has 0 fully saturated rings. The number of hydrogen-bond donors (Lipinski definition) is 1. The smallest absolute Gasteiger partial charge is 0.142 e. The van der Waals surface area contributed by atoms with Gasteiger partial charge in [-0.15, -0.1) is 0 Å². The fraction of sp³-hybridized carbons (Fsp3) is 0.273. The van der Waals surface area contributed by atoms with Crippen molar-refractivity contribution >= 4 is 10.9 Å². The van der Waals surface area contributed by atoms with Gasteiger partial charge in [-0.3, -0.25) is 0 Å². The predicted octanol–water partition coefficient (Wildman–Crippen LogP) is 1.36. The highest BCUT2D eigenvalue weighted by molar-refractivity contribution is 5.79. The lowest BCUT2D eigenvalue weighted by Crippen LogP contribution is -2.08. The molecule has 4 heteroatoms. The van der Waals surface area contributed by atoms with Gasteiger partial charge in [0.25, 0.3) is 0 Å². The molecule has 0 spiro atoms. The summed E-state index contributed by atoms with van der Waals surface area (Å²) >= 11 is 0. The van der Waals surface area contributed by atoms with E-state index in [1.807, 2.05) is 31.4 Å². The standard InChI is InChI=1S/C11H13N3O/c1-12-7-11-13-6-8-3-4-9(15-2)5-10(8)14-11/h3-6,12H,7H2,1-2H3. The van der Waals surface area contributed by atoms with Crippen molar-refractivity contribution in [2.24, 2.45) is 0 Å². The van der Waals surface area contributed by atoms with Crippen molar-refractivity contribution in [3.63, 3.8) is 0 Å². The van der Waals surface area contributed by atoms with Crippen molar-refractivity contribution < 1.29 is 4.74 Å². The van der Waals surface area contributed by atoms with Crippen LogP contribution in [0, 0.1) is 0 Å². The Labute approximate surface area is 88.3 Å². The zero-order chi connectivity index (χ0) is 10.7. The summed E-state index contributed by atoms with van der Waals surface area (Å²) in [4.78, 5) is 8.66. The molecule has 0 aliphatic carbocycles. The highest BCUT2D eigenvalue weighted by Crippen LogP contribution is 2.18. The van der Waals surface area contributed by atoms with Gasteiger partial charge in [-0.2, -0.15) is 0 Å². The fourth-order valence-corrected chi connectivity index (χ4v) is 1.41. The number of ether oxygens (including phenoxy) is 1. The largest absolute Gasteiger partial charge is 0.497 e. The van der Waals surface area contributed by atoms with Gasteiger partial charge in [0.1, 0.15) is 11.6 Å². The number of fused-ring (bicyclic) bond motifs is 1. The van der Waals surface area contributed by atoms with E-state index in [-0.39, 0.29) is 0 Å². The molecule has 0 atom stereocenters. The molecule has 1 N–H and O–H groups in total. The molecule has 1 aromatic carbocycles. The van der Waals surface area contributed by atoms with Crippen LogP contribution in [0.3, 0.4) is 0 Å². The molecule has 0 saturated heterocycles. The van der Waals surface area contributed by atoms with Crippen LogP contribution < -0.4 is 10.1 Å². The first-order valence-electron chi connectivity index (χ1n) is 4.78. The maximum absolute atomic E-state index is 5.15. The first kappa shape index (κ1) is 9.86. The van der Waals surface area contributed by atoms with Crippen molar-refractivity contribution in [1.29, 1.82) is 0 Å². The van der Waals surface area contributed by atoms with Crippen molar-refractivity contribution in [3.05, 3.63) is 30.2 Å². The van der Waals surface area contributed by atoms with Gasteiger partial charge < -0.3 is 10.1 Å². The minimum atomic E-state index is 0.674. The highest BCUT2D eigenvalue weighted by Gasteiger charge is 2.00. The Morgan fingerprint density at radius 3 is 3.00 bits per heavy atom. The SMILES string of the molecule is CNCc1ncc2ccc(OC)cc2n1. The van der Waals surface area contributed by atoms with E-state index in [0.717, 1.165) is 22.5 Å². The minimum absolute atomic E-state index is 0.674. The quantitative estimate of drug-likeness (QED) is 0.818. The van der Waals surface area contributed by atoms with E-state index in [1.54, 1.807) is 7.11 Å². The summed E-state index contributed by atoms with van der Waals surface area (Å²) < 4.78 is 5.15. The Morgan fingerprint density at radius 2 is 2.27 bits per heavy atom. The molecule has 0 aliphatic heterocycles. The molecular weight excluding hydrogens is 190 g/mol. The number of nitrogens with one attached hydrogen (secondary N) is 1. The fourth-order valence-electron chi connectivity index (χ4n) is 1.41. The van der Waals surface area contributed by atoms with Crippen LogP contribution in [0.5, 0.6) is 5.75 Å². The second-order valence-electron chi connectivity index (χ2n) is 3.24. The van der Waals surface area contributed by atoms with Gasteiger partial charge >= 0.3 is 0 Å². The van der Waals surface area contributed by atoms with Crippen LogP contribution in [-0.4, -0.2) is 24.1 Å². The summed E-state index contributed by atoms with van der Waals surface area (Å²) in [7, 11) is 3.52. The molecule has 0 amide bonds. The van der Waals surface area contributed by atoms with E-state index in [0.29, 0.717) is 6.54 Å². The van der Waals surface area contributed by atoms with Gasteiger partial charge in [0.2, 0.25) is 0 Å². The number of methoxy groups -OCH3 is 1. The van der Waals surface area contributed by atoms with E-state index < -0.39 is 0 Å². The molecule has 0 aliphatic rings. The van der Waals surface area contributed by atoms with E-state index in [4.69, 9.17) is 4.74 Å². The van der Waals surface area contributed by atoms with E-state index in [1.165, 1.54) is 0 Å². The second-order valence-corrected chi connectivity index (χ2v) is 3.24. The molecule has 1 aromatic heterocycles. The van der Waals surface area contributed by atoms with E-state index in [9.17, 15) is 0 Å². The van der Waals surface area contributed by atoms with Gasteiger partial charge in [-0.05, 0) is 19.2 Å². The maximum Gasteiger partial charge on any atom is 0.142 e. The van der Waals surface area contributed by atoms with Crippen LogP contribution in [-0.2, 0) is 6.54 Å². The first-order valence-corrected chi connectivity index (χ1v) is 4.78. The third-order valence-corrected chi connectivity index (χ3v) is 2.17. The molecular formula is C11H13N3O. The van der Waals surface area contributed by atoms with Crippen molar-refractivity contribution in [3.8, 4) is 5.75 Å². The van der Waals surface area contributed by atoms with Gasteiger partial charge in [-0.25, -0.2) is 9.97 Å². The highest BCUT2D eigenvalue weighted by atomic mass is 16.5. The molecule has 1 heterocycles. The van der Waals surface area contributed by atoms with Crippen LogP contribution in [0.1, 0.15) is 5.82 Å². The summed E-state index contributed by atoms with van der Waals surface area (Å²) in [5.41, 5.74) is 0.912. The van der Waals surface area contributed by atoms with Crippen molar-refractivity contribution in [2.75, 3.05) is 14.2 Å². The topological polar surface area (TPSA) is 47.0 Å². The zero-order valence-electron chi connectivity index (χ0n) is 8.82. The Balaban J connectivity index is 2.48. The monoisotopic (exact) mass is 203 g/mol. The lowest BCUT2D eigenvalue weighted by molar-refractivity contribution is 0.415. The summed E-state index contributed by atoms with van der Waals surface area (Å²) in [6, 6.07) is 5.77. The van der Waals surface area contributed by atoms with Gasteiger partial charge in [0.15, 0.2) is 0 Å². The molecule has 78 valence electrons. The van der Waals surface area contributed by atoms with Crippen LogP contribution in [0.2, 0.25) is 0 Å². The van der Waals surface area contributed by atoms with Crippen LogP contribution in [0.15, 0.2) is 24.4 Å². The molecule has 15 heavy (non-hydrogen) atoms. The van der Waals surface area contributed by atoms with Gasteiger partial charge in [0, 0.05) is 17.6 Å². The molecule has 0 saturated carbocycles. The Morgan fingerprint density at radius 1 is 1.40 bits per heavy atom.